The molecule has 1 aliphatic rings. The van der Waals surface area contributed by atoms with Crippen LogP contribution in [0.3, 0.4) is 0 Å². The van der Waals surface area contributed by atoms with Crippen molar-refractivity contribution >= 4 is 33.3 Å². The molecule has 246 valence electrons. The molecule has 0 spiro atoms. The van der Waals surface area contributed by atoms with Crippen molar-refractivity contribution in [3.8, 4) is 22.3 Å². The molecule has 0 radical (unpaired) electrons. The van der Waals surface area contributed by atoms with Crippen LogP contribution < -0.4 is 4.90 Å². The second-order valence-corrected chi connectivity index (χ2v) is 13.6. The Hall–Kier alpha value is -6.64. The van der Waals surface area contributed by atoms with Crippen LogP contribution in [0.5, 0.6) is 0 Å². The number of nitrogens with zero attached hydrogens (tertiary/aromatic N) is 1. The van der Waals surface area contributed by atoms with E-state index in [1.54, 1.807) is 0 Å². The number of hydrogen-bond donors (Lipinski definition) is 0. The van der Waals surface area contributed by atoms with Gasteiger partial charge in [-0.05, 0) is 74.8 Å². The first-order valence-corrected chi connectivity index (χ1v) is 18.0. The van der Waals surface area contributed by atoms with Gasteiger partial charge in [-0.25, -0.2) is 0 Å². The lowest BCUT2D eigenvalue weighted by Crippen LogP contribution is -2.32. The molecule has 1 aromatic heterocycles. The van der Waals surface area contributed by atoms with Gasteiger partial charge in [0.2, 0.25) is 0 Å². The molecule has 1 heterocycles. The molecule has 8 aromatic carbocycles. The Morgan fingerprint density at radius 2 is 1.00 bits per heavy atom. The zero-order chi connectivity index (χ0) is 34.5. The second-order valence-electron chi connectivity index (χ2n) is 13.6. The van der Waals surface area contributed by atoms with Crippen LogP contribution in [-0.4, -0.2) is 0 Å². The van der Waals surface area contributed by atoms with Gasteiger partial charge >= 0.3 is 0 Å². The first-order valence-electron chi connectivity index (χ1n) is 18.0. The fourth-order valence-corrected chi connectivity index (χ4v) is 8.67. The smallest absolute Gasteiger partial charge is 0.142 e. The number of anilines is 2. The van der Waals surface area contributed by atoms with Gasteiger partial charge in [-0.15, -0.1) is 0 Å². The average molecular weight is 666 g/mol. The highest BCUT2D eigenvalue weighted by molar-refractivity contribution is 6.09. The molecule has 2 nitrogen and oxygen atoms in total. The third kappa shape index (κ3) is 4.58. The number of benzene rings is 8. The lowest BCUT2D eigenvalue weighted by molar-refractivity contribution is 0.647. The number of rotatable bonds is 7. The van der Waals surface area contributed by atoms with E-state index in [2.05, 4.69) is 205 Å². The van der Waals surface area contributed by atoms with Gasteiger partial charge in [0.25, 0.3) is 0 Å². The van der Waals surface area contributed by atoms with Crippen molar-refractivity contribution in [2.45, 2.75) is 12.0 Å². The van der Waals surface area contributed by atoms with Crippen LogP contribution >= 0.6 is 0 Å². The van der Waals surface area contributed by atoms with Crippen LogP contribution in [0.4, 0.5) is 11.4 Å². The molecule has 0 saturated heterocycles. The van der Waals surface area contributed by atoms with E-state index in [0.717, 1.165) is 38.9 Å². The first kappa shape index (κ1) is 30.2. The highest BCUT2D eigenvalue weighted by Crippen LogP contribution is 2.60. The van der Waals surface area contributed by atoms with Gasteiger partial charge in [0.1, 0.15) is 11.2 Å². The maximum absolute atomic E-state index is 7.12. The number of fused-ring (bicyclic) bond motifs is 6. The first-order chi connectivity index (χ1) is 25.8. The van der Waals surface area contributed by atoms with Crippen LogP contribution in [0.2, 0.25) is 0 Å². The van der Waals surface area contributed by atoms with Gasteiger partial charge in [-0.3, -0.25) is 0 Å². The summed E-state index contributed by atoms with van der Waals surface area (Å²) < 4.78 is 7.12. The van der Waals surface area contributed by atoms with Crippen LogP contribution in [0, 0.1) is 0 Å². The molecule has 0 saturated carbocycles. The number of hydrogen-bond acceptors (Lipinski definition) is 2. The lowest BCUT2D eigenvalue weighted by Gasteiger charge is -2.38. The van der Waals surface area contributed by atoms with E-state index in [0.29, 0.717) is 6.54 Å². The largest absolute Gasteiger partial charge is 0.456 e. The van der Waals surface area contributed by atoms with E-state index in [4.69, 9.17) is 4.42 Å². The summed E-state index contributed by atoms with van der Waals surface area (Å²) in [5.74, 6) is 0. The summed E-state index contributed by atoms with van der Waals surface area (Å²) in [6.45, 7) is 0.655. The Balaban J connectivity index is 1.35. The zero-order valence-corrected chi connectivity index (χ0v) is 28.6. The molecule has 10 rings (SSSR count). The molecule has 0 aliphatic heterocycles. The predicted molar refractivity (Wildman–Crippen MR) is 215 cm³/mol. The van der Waals surface area contributed by atoms with Gasteiger partial charge < -0.3 is 9.32 Å². The van der Waals surface area contributed by atoms with Crippen molar-refractivity contribution in [2.75, 3.05) is 4.90 Å². The van der Waals surface area contributed by atoms with Crippen LogP contribution in [-0.2, 0) is 12.0 Å². The maximum Gasteiger partial charge on any atom is 0.142 e. The SMILES string of the molecule is c1ccc(-c2ccccc2CN(c2ccccc2)c2ccc3c(oc4ccccc43)c2C2(c3ccccc3)c3ccccc3-c3ccccc32)cc1. The van der Waals surface area contributed by atoms with E-state index in [9.17, 15) is 0 Å². The van der Waals surface area contributed by atoms with Crippen LogP contribution in [0.1, 0.15) is 27.8 Å². The summed E-state index contributed by atoms with van der Waals surface area (Å²) in [6, 6.07) is 72.4. The lowest BCUT2D eigenvalue weighted by atomic mass is 9.66. The van der Waals surface area contributed by atoms with Gasteiger partial charge in [-0.1, -0.05) is 170 Å². The van der Waals surface area contributed by atoms with Gasteiger partial charge in [0.05, 0.1) is 11.1 Å². The molecule has 1 aliphatic carbocycles. The predicted octanol–water partition coefficient (Wildman–Crippen LogP) is 13.0. The summed E-state index contributed by atoms with van der Waals surface area (Å²) in [7, 11) is 0. The summed E-state index contributed by atoms with van der Waals surface area (Å²) in [5, 5.41) is 2.23. The van der Waals surface area contributed by atoms with Crippen molar-refractivity contribution in [2.24, 2.45) is 0 Å². The zero-order valence-electron chi connectivity index (χ0n) is 28.6. The molecule has 0 atom stereocenters. The number of furan rings is 1. The molecule has 52 heavy (non-hydrogen) atoms. The number of para-hydroxylation sites is 2. The Morgan fingerprint density at radius 1 is 0.442 bits per heavy atom. The van der Waals surface area contributed by atoms with Crippen molar-refractivity contribution in [1.82, 2.24) is 0 Å². The van der Waals surface area contributed by atoms with Crippen LogP contribution in [0.15, 0.2) is 205 Å². The quantitative estimate of drug-likeness (QED) is 0.168. The van der Waals surface area contributed by atoms with Crippen molar-refractivity contribution in [3.05, 3.63) is 228 Å². The third-order valence-corrected chi connectivity index (χ3v) is 10.8. The second kappa shape index (κ2) is 12.3. The molecule has 0 fully saturated rings. The molecule has 2 heteroatoms. The Bertz CT molecular complexity index is 2670. The van der Waals surface area contributed by atoms with Gasteiger partial charge in [-0.2, -0.15) is 0 Å². The van der Waals surface area contributed by atoms with E-state index in [1.165, 1.54) is 44.5 Å². The van der Waals surface area contributed by atoms with Crippen molar-refractivity contribution < 1.29 is 4.42 Å². The summed E-state index contributed by atoms with van der Waals surface area (Å²) in [5.41, 5.74) is 14.4. The fraction of sp³-hybridized carbons (Fsp3) is 0.0400. The van der Waals surface area contributed by atoms with E-state index < -0.39 is 5.41 Å². The summed E-state index contributed by atoms with van der Waals surface area (Å²) in [4.78, 5) is 2.50. The highest BCUT2D eigenvalue weighted by atomic mass is 16.3. The average Bonchev–Trinajstić information content (AvgIpc) is 3.75. The molecular weight excluding hydrogens is 631 g/mol. The van der Waals surface area contributed by atoms with E-state index in [-0.39, 0.29) is 0 Å². The standard InChI is InChI=1S/C50H35NO/c1-4-18-35(19-5-1)39-25-11-10-20-36(39)34-51(38-23-8-3-9-24-38)46-33-32-43-42-28-14-17-31-47(42)52-49(43)48(46)50(37-21-6-2-7-22-37)44-29-15-12-26-40(44)41-27-13-16-30-45(41)50/h1-33H,34H2. The fourth-order valence-electron chi connectivity index (χ4n) is 8.67. The minimum atomic E-state index is -0.677. The Kier molecular flexibility index (Phi) is 7.14. The van der Waals surface area contributed by atoms with Crippen molar-refractivity contribution in [1.29, 1.82) is 0 Å². The van der Waals surface area contributed by atoms with E-state index >= 15 is 0 Å². The van der Waals surface area contributed by atoms with Gasteiger partial charge in [0.15, 0.2) is 0 Å². The normalized spacial score (nSPS) is 12.8. The molecular formula is C50H35NO. The minimum Gasteiger partial charge on any atom is -0.456 e. The van der Waals surface area contributed by atoms with Crippen LogP contribution in [0.25, 0.3) is 44.2 Å². The summed E-state index contributed by atoms with van der Waals surface area (Å²) in [6.07, 6.45) is 0. The van der Waals surface area contributed by atoms with Crippen molar-refractivity contribution in [3.63, 3.8) is 0 Å². The van der Waals surface area contributed by atoms with Gasteiger partial charge in [0, 0.05) is 28.6 Å². The summed E-state index contributed by atoms with van der Waals surface area (Å²) >= 11 is 0. The Morgan fingerprint density at radius 3 is 1.71 bits per heavy atom. The van der Waals surface area contributed by atoms with E-state index in [1.807, 2.05) is 0 Å². The molecule has 0 N–H and O–H groups in total. The highest BCUT2D eigenvalue weighted by Gasteiger charge is 2.49. The molecule has 0 unspecified atom stereocenters. The third-order valence-electron chi connectivity index (χ3n) is 10.8. The monoisotopic (exact) mass is 665 g/mol. The topological polar surface area (TPSA) is 16.4 Å². The molecule has 0 amide bonds. The minimum absolute atomic E-state index is 0.655. The Labute approximate surface area is 303 Å². The maximum atomic E-state index is 7.12. The molecule has 9 aromatic rings. The molecule has 0 bridgehead atoms.